The number of thiazole rings is 1. The minimum atomic E-state index is -0.223. The molecule has 27 heavy (non-hydrogen) atoms. The van der Waals surface area contributed by atoms with E-state index in [1.807, 2.05) is 24.3 Å². The van der Waals surface area contributed by atoms with Gasteiger partial charge in [-0.2, -0.15) is 5.26 Å². The van der Waals surface area contributed by atoms with Crippen LogP contribution in [0.1, 0.15) is 39.9 Å². The molecule has 3 heterocycles. The summed E-state index contributed by atoms with van der Waals surface area (Å²) in [5.74, 6) is 0.460. The number of pyridine rings is 1. The molecule has 0 atom stereocenters. The van der Waals surface area contributed by atoms with Crippen LogP contribution in [0.4, 0.5) is 5.69 Å². The molecule has 0 radical (unpaired) electrons. The molecule has 1 aromatic carbocycles. The minimum Gasteiger partial charge on any atom is -0.370 e. The summed E-state index contributed by atoms with van der Waals surface area (Å²) in [6.07, 6.45) is 1.97. The molecule has 3 aromatic rings. The molecule has 1 aliphatic rings. The smallest absolute Gasteiger partial charge is 0.270 e. The highest BCUT2D eigenvalue weighted by Crippen LogP contribution is 2.36. The van der Waals surface area contributed by atoms with E-state index in [4.69, 9.17) is 4.98 Å². The maximum absolute atomic E-state index is 12.7. The normalized spacial score (nSPS) is 15.3. The van der Waals surface area contributed by atoms with E-state index in [9.17, 15) is 10.1 Å². The van der Waals surface area contributed by atoms with E-state index in [2.05, 4.69) is 24.8 Å². The molecular formula is C21H22N4OS. The monoisotopic (exact) mass is 378 g/mol. The van der Waals surface area contributed by atoms with E-state index in [0.717, 1.165) is 48.2 Å². The fourth-order valence-corrected chi connectivity index (χ4v) is 5.02. The van der Waals surface area contributed by atoms with E-state index in [1.54, 1.807) is 23.0 Å². The fraction of sp³-hybridized carbons (Fsp3) is 0.381. The number of fused-ring (bicyclic) bond motifs is 1. The first-order valence-electron chi connectivity index (χ1n) is 9.22. The number of aromatic nitrogens is 2. The summed E-state index contributed by atoms with van der Waals surface area (Å²) < 4.78 is 1.57. The summed E-state index contributed by atoms with van der Waals surface area (Å²) >= 11 is 1.80. The van der Waals surface area contributed by atoms with E-state index in [1.165, 1.54) is 9.88 Å². The van der Waals surface area contributed by atoms with Gasteiger partial charge < -0.3 is 9.47 Å². The number of benzene rings is 1. The quantitative estimate of drug-likeness (QED) is 0.679. The average Bonchev–Trinajstić information content (AvgIpc) is 3.03. The Kier molecular flexibility index (Phi) is 4.48. The Balaban J connectivity index is 1.71. The Morgan fingerprint density at radius 1 is 1.22 bits per heavy atom. The van der Waals surface area contributed by atoms with Gasteiger partial charge in [-0.25, -0.2) is 4.98 Å². The fourth-order valence-electron chi connectivity index (χ4n) is 3.93. The van der Waals surface area contributed by atoms with Gasteiger partial charge in [0, 0.05) is 36.3 Å². The van der Waals surface area contributed by atoms with Crippen molar-refractivity contribution in [2.45, 2.75) is 32.6 Å². The van der Waals surface area contributed by atoms with Crippen LogP contribution in [0, 0.1) is 25.2 Å². The lowest BCUT2D eigenvalue weighted by Gasteiger charge is -2.34. The van der Waals surface area contributed by atoms with Crippen molar-refractivity contribution in [1.82, 2.24) is 9.55 Å². The van der Waals surface area contributed by atoms with Gasteiger partial charge in [-0.15, -0.1) is 11.3 Å². The molecule has 1 aliphatic heterocycles. The lowest BCUT2D eigenvalue weighted by atomic mass is 9.96. The van der Waals surface area contributed by atoms with Crippen molar-refractivity contribution >= 4 is 27.9 Å². The summed E-state index contributed by atoms with van der Waals surface area (Å²) in [6, 6.07) is 10.00. The van der Waals surface area contributed by atoms with Gasteiger partial charge in [0.1, 0.15) is 11.6 Å². The van der Waals surface area contributed by atoms with E-state index in [0.29, 0.717) is 5.92 Å². The number of nitriles is 1. The third kappa shape index (κ3) is 2.92. The lowest BCUT2D eigenvalue weighted by molar-refractivity contribution is 0.503. The number of piperidine rings is 1. The number of nitrogens with zero attached hydrogens (tertiary/aromatic N) is 4. The molecule has 4 rings (SSSR count). The highest BCUT2D eigenvalue weighted by atomic mass is 32.1. The van der Waals surface area contributed by atoms with E-state index >= 15 is 0 Å². The molecule has 2 aromatic heterocycles. The largest absolute Gasteiger partial charge is 0.370 e. The maximum Gasteiger partial charge on any atom is 0.270 e. The van der Waals surface area contributed by atoms with Crippen molar-refractivity contribution < 1.29 is 0 Å². The first-order valence-corrected chi connectivity index (χ1v) is 10.0. The van der Waals surface area contributed by atoms with Crippen LogP contribution >= 0.6 is 11.3 Å². The number of aryl methyl sites for hydroxylation is 3. The molecule has 0 N–H and O–H groups in total. The Morgan fingerprint density at radius 3 is 2.56 bits per heavy atom. The van der Waals surface area contributed by atoms with Crippen LogP contribution in [0.3, 0.4) is 0 Å². The number of hydrogen-bond donors (Lipinski definition) is 0. The van der Waals surface area contributed by atoms with Gasteiger partial charge >= 0.3 is 0 Å². The topological polar surface area (TPSA) is 61.9 Å². The summed E-state index contributed by atoms with van der Waals surface area (Å²) in [5, 5.41) is 11.9. The van der Waals surface area contributed by atoms with Gasteiger partial charge in [0.25, 0.3) is 5.56 Å². The molecule has 0 bridgehead atoms. The predicted molar refractivity (Wildman–Crippen MR) is 110 cm³/mol. The number of hydrogen-bond acceptors (Lipinski definition) is 5. The van der Waals surface area contributed by atoms with Gasteiger partial charge in [-0.1, -0.05) is 18.2 Å². The lowest BCUT2D eigenvalue weighted by Crippen LogP contribution is -2.35. The van der Waals surface area contributed by atoms with Crippen molar-refractivity contribution in [2.24, 2.45) is 7.05 Å². The Bertz CT molecular complexity index is 1090. The molecule has 1 fully saturated rings. The Labute approximate surface area is 162 Å². The molecule has 0 unspecified atom stereocenters. The van der Waals surface area contributed by atoms with Crippen molar-refractivity contribution in [1.29, 1.82) is 5.26 Å². The Morgan fingerprint density at radius 2 is 1.93 bits per heavy atom. The van der Waals surface area contributed by atoms with Gasteiger partial charge in [-0.3, -0.25) is 4.79 Å². The molecule has 5 nitrogen and oxygen atoms in total. The molecule has 138 valence electrons. The van der Waals surface area contributed by atoms with Crippen molar-refractivity contribution in [3.05, 3.63) is 55.8 Å². The zero-order chi connectivity index (χ0) is 19.1. The molecule has 0 saturated carbocycles. The minimum absolute atomic E-state index is 0.223. The molecule has 0 aliphatic carbocycles. The number of para-hydroxylation sites is 1. The highest BCUT2D eigenvalue weighted by molar-refractivity contribution is 7.11. The maximum atomic E-state index is 12.7. The third-order valence-electron chi connectivity index (χ3n) is 5.59. The second kappa shape index (κ2) is 6.82. The molecule has 0 amide bonds. The highest BCUT2D eigenvalue weighted by Gasteiger charge is 2.27. The van der Waals surface area contributed by atoms with Crippen molar-refractivity contribution in [3.63, 3.8) is 0 Å². The van der Waals surface area contributed by atoms with Gasteiger partial charge in [-0.05, 0) is 32.8 Å². The third-order valence-corrected chi connectivity index (χ3v) is 6.83. The molecule has 1 saturated heterocycles. The van der Waals surface area contributed by atoms with Crippen molar-refractivity contribution in [3.8, 4) is 6.07 Å². The average molecular weight is 379 g/mol. The van der Waals surface area contributed by atoms with Crippen LogP contribution in [0.15, 0.2) is 29.1 Å². The standard InChI is InChI=1S/C21H22N4OS/c1-13-14(2)27-20(23-13)15-8-10-25(11-9-15)19-16-6-4-5-7-18(16)24(3)21(26)17(19)12-22/h4-7,15H,8-11H2,1-3H3. The number of anilines is 1. The summed E-state index contributed by atoms with van der Waals surface area (Å²) in [5.41, 5.74) is 2.81. The van der Waals surface area contributed by atoms with Gasteiger partial charge in [0.2, 0.25) is 0 Å². The second-order valence-electron chi connectivity index (χ2n) is 7.17. The zero-order valence-corrected chi connectivity index (χ0v) is 16.6. The van der Waals surface area contributed by atoms with E-state index in [-0.39, 0.29) is 11.1 Å². The zero-order valence-electron chi connectivity index (χ0n) is 15.8. The first-order chi connectivity index (χ1) is 13.0. The first kappa shape index (κ1) is 17.7. The second-order valence-corrected chi connectivity index (χ2v) is 8.41. The SMILES string of the molecule is Cc1nc(C2CCN(c3c(C#N)c(=O)n(C)c4ccccc34)CC2)sc1C. The summed E-state index contributed by atoms with van der Waals surface area (Å²) in [4.78, 5) is 20.9. The molecule has 6 heteroatoms. The van der Waals surface area contributed by atoms with Crippen LogP contribution in [-0.2, 0) is 7.05 Å². The molecule has 0 spiro atoms. The van der Waals surface area contributed by atoms with Crippen LogP contribution in [0.25, 0.3) is 10.9 Å². The predicted octanol–water partition coefficient (Wildman–Crippen LogP) is 3.87. The Hall–Kier alpha value is -2.65. The van der Waals surface area contributed by atoms with Crippen LogP contribution in [0.2, 0.25) is 0 Å². The van der Waals surface area contributed by atoms with Crippen LogP contribution in [-0.4, -0.2) is 22.6 Å². The van der Waals surface area contributed by atoms with Crippen molar-refractivity contribution in [2.75, 3.05) is 18.0 Å². The summed E-state index contributed by atoms with van der Waals surface area (Å²) in [6.45, 7) is 5.84. The van der Waals surface area contributed by atoms with Crippen LogP contribution in [0.5, 0.6) is 0 Å². The van der Waals surface area contributed by atoms with Crippen LogP contribution < -0.4 is 10.5 Å². The summed E-state index contributed by atoms with van der Waals surface area (Å²) in [7, 11) is 1.73. The van der Waals surface area contributed by atoms with Gasteiger partial charge in [0.15, 0.2) is 0 Å². The van der Waals surface area contributed by atoms with E-state index < -0.39 is 0 Å². The molecular weight excluding hydrogens is 356 g/mol. The van der Waals surface area contributed by atoms with Gasteiger partial charge in [0.05, 0.1) is 21.9 Å². The number of rotatable bonds is 2.